The zero-order valence-electron chi connectivity index (χ0n) is 16.3. The van der Waals surface area contributed by atoms with Gasteiger partial charge in [-0.15, -0.1) is 0 Å². The van der Waals surface area contributed by atoms with Crippen molar-refractivity contribution in [1.29, 1.82) is 0 Å². The highest BCUT2D eigenvalue weighted by Crippen LogP contribution is 2.40. The van der Waals surface area contributed by atoms with Gasteiger partial charge in [-0.25, -0.2) is 9.99 Å². The molecule has 7 heteroatoms. The van der Waals surface area contributed by atoms with Crippen LogP contribution in [0.15, 0.2) is 53.6 Å². The first kappa shape index (κ1) is 19.2. The van der Waals surface area contributed by atoms with E-state index in [9.17, 15) is 4.79 Å². The molecule has 4 rings (SSSR count). The second-order valence-electron chi connectivity index (χ2n) is 6.73. The first-order chi connectivity index (χ1) is 14.0. The van der Waals surface area contributed by atoms with Crippen LogP contribution in [0.25, 0.3) is 10.9 Å². The summed E-state index contributed by atoms with van der Waals surface area (Å²) in [4.78, 5) is 16.9. The van der Waals surface area contributed by atoms with Gasteiger partial charge >= 0.3 is 0 Å². The first-order valence-corrected chi connectivity index (χ1v) is 9.55. The van der Waals surface area contributed by atoms with Gasteiger partial charge in [0.25, 0.3) is 0 Å². The lowest BCUT2D eigenvalue weighted by Gasteiger charge is -2.21. The van der Waals surface area contributed by atoms with E-state index in [1.165, 1.54) is 11.9 Å². The number of hydrazone groups is 1. The number of amides is 1. The first-order valence-electron chi connectivity index (χ1n) is 9.17. The Kier molecular flexibility index (Phi) is 5.11. The Hall–Kier alpha value is -3.12. The van der Waals surface area contributed by atoms with Crippen molar-refractivity contribution in [1.82, 2.24) is 9.99 Å². The van der Waals surface area contributed by atoms with Crippen molar-refractivity contribution in [3.8, 4) is 11.5 Å². The van der Waals surface area contributed by atoms with Gasteiger partial charge in [0.15, 0.2) is 11.5 Å². The van der Waals surface area contributed by atoms with Crippen molar-refractivity contribution in [3.63, 3.8) is 0 Å². The molecule has 1 aliphatic heterocycles. The maximum absolute atomic E-state index is 12.4. The molecular weight excluding hydrogens is 390 g/mol. The summed E-state index contributed by atoms with van der Waals surface area (Å²) >= 11 is 6.51. The number of rotatable bonds is 4. The normalized spacial score (nSPS) is 16.1. The van der Waals surface area contributed by atoms with Crippen LogP contribution in [-0.2, 0) is 4.79 Å². The predicted octanol–water partition coefficient (Wildman–Crippen LogP) is 4.60. The van der Waals surface area contributed by atoms with Gasteiger partial charge in [-0.05, 0) is 24.3 Å². The average molecular weight is 410 g/mol. The van der Waals surface area contributed by atoms with Crippen LogP contribution in [0.1, 0.15) is 30.5 Å². The van der Waals surface area contributed by atoms with Gasteiger partial charge in [-0.2, -0.15) is 5.10 Å². The fourth-order valence-electron chi connectivity index (χ4n) is 3.66. The summed E-state index contributed by atoms with van der Waals surface area (Å²) in [6.45, 7) is 1.49. The van der Waals surface area contributed by atoms with Crippen LogP contribution < -0.4 is 9.47 Å². The molecule has 1 amide bonds. The number of hydrogen-bond acceptors (Lipinski definition) is 5. The van der Waals surface area contributed by atoms with Gasteiger partial charge in [-0.1, -0.05) is 35.9 Å². The summed E-state index contributed by atoms with van der Waals surface area (Å²) in [5.74, 6) is 1.02. The van der Waals surface area contributed by atoms with Gasteiger partial charge in [0.2, 0.25) is 5.91 Å². The molecule has 1 aromatic heterocycles. The van der Waals surface area contributed by atoms with Gasteiger partial charge in [-0.3, -0.25) is 4.79 Å². The summed E-state index contributed by atoms with van der Waals surface area (Å²) in [6.07, 6.45) is 0.489. The number of fused-ring (bicyclic) bond motifs is 1. The largest absolute Gasteiger partial charge is 0.493 e. The minimum atomic E-state index is -0.344. The van der Waals surface area contributed by atoms with E-state index in [1.54, 1.807) is 14.2 Å². The van der Waals surface area contributed by atoms with E-state index in [2.05, 4.69) is 10.1 Å². The highest BCUT2D eigenvalue weighted by Gasteiger charge is 2.34. The van der Waals surface area contributed by atoms with E-state index < -0.39 is 0 Å². The smallest absolute Gasteiger partial charge is 0.240 e. The van der Waals surface area contributed by atoms with E-state index in [4.69, 9.17) is 21.1 Å². The van der Waals surface area contributed by atoms with Crippen LogP contribution in [0, 0.1) is 0 Å². The van der Waals surface area contributed by atoms with E-state index in [0.29, 0.717) is 23.1 Å². The number of carbonyl (C=O) groups is 1. The van der Waals surface area contributed by atoms with Crippen LogP contribution >= 0.6 is 11.6 Å². The summed E-state index contributed by atoms with van der Waals surface area (Å²) < 4.78 is 10.9. The molecule has 148 valence electrons. The maximum atomic E-state index is 12.4. The molecule has 0 radical (unpaired) electrons. The van der Waals surface area contributed by atoms with Crippen LogP contribution in [-0.4, -0.2) is 35.8 Å². The number of benzene rings is 2. The molecule has 1 atom stereocenters. The number of methoxy groups -OCH3 is 2. The molecule has 0 spiro atoms. The highest BCUT2D eigenvalue weighted by molar-refractivity contribution is 6.30. The van der Waals surface area contributed by atoms with Crippen LogP contribution in [0.3, 0.4) is 0 Å². The summed E-state index contributed by atoms with van der Waals surface area (Å²) in [7, 11) is 3.17. The van der Waals surface area contributed by atoms with Crippen molar-refractivity contribution in [2.45, 2.75) is 19.4 Å². The van der Waals surface area contributed by atoms with E-state index in [-0.39, 0.29) is 11.9 Å². The zero-order chi connectivity index (χ0) is 20.5. The van der Waals surface area contributed by atoms with Crippen molar-refractivity contribution in [2.24, 2.45) is 5.10 Å². The van der Waals surface area contributed by atoms with Crippen molar-refractivity contribution in [2.75, 3.05) is 14.2 Å². The summed E-state index contributed by atoms with van der Waals surface area (Å²) in [6, 6.07) is 15.0. The number of para-hydroxylation sites is 2. The lowest BCUT2D eigenvalue weighted by Crippen LogP contribution is -2.24. The van der Waals surface area contributed by atoms with Gasteiger partial charge in [0.1, 0.15) is 5.15 Å². The third-order valence-electron chi connectivity index (χ3n) is 5.01. The molecule has 0 fully saturated rings. The Labute approximate surface area is 173 Å². The molecule has 2 heterocycles. The van der Waals surface area contributed by atoms with Crippen LogP contribution in [0.4, 0.5) is 0 Å². The Morgan fingerprint density at radius 3 is 2.66 bits per heavy atom. The fraction of sp³-hybridized carbons (Fsp3) is 0.227. The monoisotopic (exact) mass is 409 g/mol. The molecule has 1 unspecified atom stereocenters. The lowest BCUT2D eigenvalue weighted by atomic mass is 9.97. The molecule has 0 saturated carbocycles. The molecular formula is C22H20ClN3O3. The Bertz CT molecular complexity index is 1130. The number of hydrogen-bond donors (Lipinski definition) is 0. The third kappa shape index (κ3) is 3.40. The molecule has 1 aliphatic rings. The molecule has 3 aromatic rings. The quantitative estimate of drug-likeness (QED) is 0.590. The second-order valence-corrected chi connectivity index (χ2v) is 7.09. The van der Waals surface area contributed by atoms with E-state index in [1.807, 2.05) is 48.5 Å². The van der Waals surface area contributed by atoms with Gasteiger partial charge < -0.3 is 9.47 Å². The topological polar surface area (TPSA) is 64.0 Å². The molecule has 2 aromatic carbocycles. The number of carbonyl (C=O) groups excluding carboxylic acids is 1. The second kappa shape index (κ2) is 7.72. The van der Waals surface area contributed by atoms with Gasteiger partial charge in [0, 0.05) is 29.9 Å². The summed E-state index contributed by atoms with van der Waals surface area (Å²) in [5, 5.41) is 7.39. The van der Waals surface area contributed by atoms with Crippen molar-refractivity contribution in [3.05, 3.63) is 64.8 Å². The summed E-state index contributed by atoms with van der Waals surface area (Å²) in [5.41, 5.74) is 3.08. The predicted molar refractivity (Wildman–Crippen MR) is 113 cm³/mol. The molecule has 0 N–H and O–H groups in total. The average Bonchev–Trinajstić information content (AvgIpc) is 3.17. The van der Waals surface area contributed by atoms with Gasteiger partial charge in [0.05, 0.1) is 31.5 Å². The maximum Gasteiger partial charge on any atom is 0.240 e. The molecule has 29 heavy (non-hydrogen) atoms. The number of ether oxygens (including phenoxy) is 2. The molecule has 6 nitrogen and oxygen atoms in total. The number of pyridine rings is 1. The number of halogens is 1. The standard InChI is InChI=1S/C22H20ClN3O3/c1-13(27)26-19(16-11-14-7-4-5-9-17(14)24-22(16)23)12-18(25-26)15-8-6-10-20(28-2)21(15)29-3/h4-11,19H,12H2,1-3H3. The Morgan fingerprint density at radius 1 is 1.14 bits per heavy atom. The molecule has 0 aliphatic carbocycles. The van der Waals surface area contributed by atoms with Crippen LogP contribution in [0.2, 0.25) is 5.15 Å². The third-order valence-corrected chi connectivity index (χ3v) is 5.31. The van der Waals surface area contributed by atoms with E-state index in [0.717, 1.165) is 27.7 Å². The number of nitrogens with zero attached hydrogens (tertiary/aromatic N) is 3. The SMILES string of the molecule is COc1cccc(C2=NN(C(C)=O)C(c3cc4ccccc4nc3Cl)C2)c1OC. The van der Waals surface area contributed by atoms with Crippen LogP contribution in [0.5, 0.6) is 11.5 Å². The van der Waals surface area contributed by atoms with Crippen molar-refractivity contribution >= 4 is 34.1 Å². The van der Waals surface area contributed by atoms with Crippen molar-refractivity contribution < 1.29 is 14.3 Å². The Morgan fingerprint density at radius 2 is 1.93 bits per heavy atom. The number of aromatic nitrogens is 1. The fourth-order valence-corrected chi connectivity index (χ4v) is 3.93. The zero-order valence-corrected chi connectivity index (χ0v) is 17.1. The van der Waals surface area contributed by atoms with E-state index >= 15 is 0 Å². The Balaban J connectivity index is 1.79. The molecule has 0 saturated heterocycles. The highest BCUT2D eigenvalue weighted by atomic mass is 35.5. The minimum Gasteiger partial charge on any atom is -0.493 e. The lowest BCUT2D eigenvalue weighted by molar-refractivity contribution is -0.130. The molecule has 0 bridgehead atoms. The minimum absolute atomic E-state index is 0.170.